The number of ether oxygens (including phenoxy) is 1. The van der Waals surface area contributed by atoms with Gasteiger partial charge in [0.25, 0.3) is 5.56 Å². The van der Waals surface area contributed by atoms with Crippen LogP contribution in [0.15, 0.2) is 47.7 Å². The molecule has 0 saturated heterocycles. The van der Waals surface area contributed by atoms with Gasteiger partial charge in [0.15, 0.2) is 0 Å². The van der Waals surface area contributed by atoms with Crippen LogP contribution in [0.4, 0.5) is 5.69 Å². The van der Waals surface area contributed by atoms with E-state index < -0.39 is 0 Å². The Labute approximate surface area is 149 Å². The van der Waals surface area contributed by atoms with Crippen molar-refractivity contribution in [3.63, 3.8) is 0 Å². The quantitative estimate of drug-likeness (QED) is 0.708. The van der Waals surface area contributed by atoms with Crippen molar-refractivity contribution in [2.24, 2.45) is 0 Å². The normalized spacial score (nSPS) is 12.1. The van der Waals surface area contributed by atoms with Gasteiger partial charge in [0.1, 0.15) is 12.9 Å². The molecule has 0 aliphatic carbocycles. The number of rotatable bonds is 2. The van der Waals surface area contributed by atoms with Gasteiger partial charge in [0.2, 0.25) is 5.88 Å². The average Bonchev–Trinajstić information content (AvgIpc) is 2.62. The van der Waals surface area contributed by atoms with E-state index in [0.717, 1.165) is 11.3 Å². The Hall–Kier alpha value is -2.86. The van der Waals surface area contributed by atoms with Gasteiger partial charge in [-0.25, -0.2) is 9.97 Å². The van der Waals surface area contributed by atoms with Crippen molar-refractivity contribution >= 4 is 17.3 Å². The number of anilines is 1. The maximum absolute atomic E-state index is 13.0. The summed E-state index contributed by atoms with van der Waals surface area (Å²) in [5, 5.41) is 0.613. The fraction of sp³-hybridized carbons (Fsp3) is 0.167. The van der Waals surface area contributed by atoms with Crippen molar-refractivity contribution in [1.29, 1.82) is 0 Å². The Morgan fingerprint density at radius 2 is 1.92 bits per heavy atom. The fourth-order valence-corrected chi connectivity index (χ4v) is 3.03. The van der Waals surface area contributed by atoms with Gasteiger partial charge >= 0.3 is 0 Å². The van der Waals surface area contributed by atoms with E-state index in [9.17, 15) is 4.79 Å². The van der Waals surface area contributed by atoms with Crippen molar-refractivity contribution < 1.29 is 4.74 Å². The van der Waals surface area contributed by atoms with Crippen molar-refractivity contribution in [2.45, 2.75) is 6.61 Å². The molecule has 0 radical (unpaired) electrons. The van der Waals surface area contributed by atoms with E-state index in [1.165, 1.54) is 10.9 Å². The highest BCUT2D eigenvalue weighted by Crippen LogP contribution is 2.39. The Bertz CT molecular complexity index is 1010. The zero-order valence-electron chi connectivity index (χ0n) is 13.7. The van der Waals surface area contributed by atoms with E-state index in [0.29, 0.717) is 27.8 Å². The number of halogens is 1. The van der Waals surface area contributed by atoms with Gasteiger partial charge in [-0.15, -0.1) is 0 Å². The number of pyridine rings is 1. The summed E-state index contributed by atoms with van der Waals surface area (Å²) in [5.74, 6) is 0.495. The molecule has 6 nitrogen and oxygen atoms in total. The minimum absolute atomic E-state index is 0.145. The average molecular weight is 355 g/mol. The monoisotopic (exact) mass is 354 g/mol. The number of hydrogen-bond acceptors (Lipinski definition) is 5. The summed E-state index contributed by atoms with van der Waals surface area (Å²) < 4.78 is 7.21. The van der Waals surface area contributed by atoms with Gasteiger partial charge in [-0.2, -0.15) is 0 Å². The van der Waals surface area contributed by atoms with Crippen LogP contribution in [0, 0.1) is 0 Å². The molecule has 4 rings (SSSR count). The van der Waals surface area contributed by atoms with Crippen LogP contribution in [0.25, 0.3) is 16.9 Å². The Balaban J connectivity index is 1.92. The molecule has 0 N–H and O–H groups in total. The zero-order valence-corrected chi connectivity index (χ0v) is 14.5. The summed E-state index contributed by atoms with van der Waals surface area (Å²) in [6.45, 7) is 0.145. The lowest BCUT2D eigenvalue weighted by molar-refractivity contribution is 0.287. The molecule has 1 aliphatic rings. The molecule has 1 aliphatic heterocycles. The van der Waals surface area contributed by atoms with Crippen LogP contribution >= 0.6 is 11.6 Å². The van der Waals surface area contributed by atoms with E-state index >= 15 is 0 Å². The number of nitrogens with zero attached hydrogens (tertiary/aromatic N) is 4. The van der Waals surface area contributed by atoms with Crippen LogP contribution in [-0.4, -0.2) is 28.6 Å². The summed E-state index contributed by atoms with van der Waals surface area (Å²) in [7, 11) is 3.86. The van der Waals surface area contributed by atoms with Crippen molar-refractivity contribution in [3.8, 4) is 22.8 Å². The minimum Gasteiger partial charge on any atom is -0.472 e. The molecule has 126 valence electrons. The predicted octanol–water partition coefficient (Wildman–Crippen LogP) is 2.91. The molecule has 0 spiro atoms. The molecule has 0 saturated carbocycles. The first-order valence-corrected chi connectivity index (χ1v) is 8.10. The van der Waals surface area contributed by atoms with Gasteiger partial charge in [-0.05, 0) is 30.3 Å². The molecule has 0 bridgehead atoms. The van der Waals surface area contributed by atoms with E-state index in [1.807, 2.05) is 25.1 Å². The SMILES string of the molecule is CN(C)c1ccnc2c1-c1ncn(-c3ccc(Cl)cc3)c(=O)c1CO2. The van der Waals surface area contributed by atoms with Crippen molar-refractivity contribution in [2.75, 3.05) is 19.0 Å². The molecule has 1 aromatic carbocycles. The van der Waals surface area contributed by atoms with Crippen LogP contribution < -0.4 is 15.2 Å². The minimum atomic E-state index is -0.161. The summed E-state index contributed by atoms with van der Waals surface area (Å²) in [6.07, 6.45) is 3.22. The first-order valence-electron chi connectivity index (χ1n) is 7.72. The van der Waals surface area contributed by atoms with Crippen LogP contribution in [-0.2, 0) is 6.61 Å². The summed E-state index contributed by atoms with van der Waals surface area (Å²) >= 11 is 5.92. The summed E-state index contributed by atoms with van der Waals surface area (Å²) in [6, 6.07) is 8.92. The summed E-state index contributed by atoms with van der Waals surface area (Å²) in [4.78, 5) is 23.7. The van der Waals surface area contributed by atoms with Gasteiger partial charge in [-0.3, -0.25) is 9.36 Å². The van der Waals surface area contributed by atoms with E-state index in [2.05, 4.69) is 9.97 Å². The Kier molecular flexibility index (Phi) is 3.69. The third kappa shape index (κ3) is 2.55. The molecule has 2 aromatic heterocycles. The molecule has 0 amide bonds. The second kappa shape index (κ2) is 5.89. The molecule has 25 heavy (non-hydrogen) atoms. The van der Waals surface area contributed by atoms with Crippen LogP contribution in [0.1, 0.15) is 5.56 Å². The topological polar surface area (TPSA) is 60.2 Å². The summed E-state index contributed by atoms with van der Waals surface area (Å²) in [5.41, 5.74) is 3.33. The highest BCUT2D eigenvalue weighted by atomic mass is 35.5. The lowest BCUT2D eigenvalue weighted by Crippen LogP contribution is -2.28. The maximum atomic E-state index is 13.0. The predicted molar refractivity (Wildman–Crippen MR) is 96.7 cm³/mol. The van der Waals surface area contributed by atoms with Gasteiger partial charge < -0.3 is 9.64 Å². The highest BCUT2D eigenvalue weighted by molar-refractivity contribution is 6.30. The Morgan fingerprint density at radius 1 is 1.16 bits per heavy atom. The van der Waals surface area contributed by atoms with Crippen LogP contribution in [0.3, 0.4) is 0 Å². The highest BCUT2D eigenvalue weighted by Gasteiger charge is 2.27. The molecule has 0 atom stereocenters. The largest absolute Gasteiger partial charge is 0.472 e. The zero-order chi connectivity index (χ0) is 17.6. The smallest absolute Gasteiger partial charge is 0.265 e. The number of fused-ring (bicyclic) bond motifs is 3. The third-order valence-corrected chi connectivity index (χ3v) is 4.39. The molecule has 0 unspecified atom stereocenters. The van der Waals surface area contributed by atoms with Gasteiger partial charge in [-0.1, -0.05) is 11.6 Å². The lowest BCUT2D eigenvalue weighted by Gasteiger charge is -2.24. The maximum Gasteiger partial charge on any atom is 0.265 e. The second-order valence-corrected chi connectivity index (χ2v) is 6.35. The molecule has 7 heteroatoms. The number of aromatic nitrogens is 3. The Morgan fingerprint density at radius 3 is 2.64 bits per heavy atom. The first-order chi connectivity index (χ1) is 12.1. The molecule has 3 heterocycles. The van der Waals surface area contributed by atoms with Crippen molar-refractivity contribution in [3.05, 3.63) is 63.8 Å². The van der Waals surface area contributed by atoms with Gasteiger partial charge in [0, 0.05) is 25.3 Å². The second-order valence-electron chi connectivity index (χ2n) is 5.92. The molecular formula is C18H15ClN4O2. The van der Waals surface area contributed by atoms with Crippen LogP contribution in [0.2, 0.25) is 5.02 Å². The molecule has 3 aromatic rings. The fourth-order valence-electron chi connectivity index (χ4n) is 2.90. The van der Waals surface area contributed by atoms with Gasteiger partial charge in [0.05, 0.1) is 28.2 Å². The number of hydrogen-bond donors (Lipinski definition) is 0. The molecular weight excluding hydrogens is 340 g/mol. The molecule has 0 fully saturated rings. The first kappa shape index (κ1) is 15.7. The standard InChI is InChI=1S/C18H15ClN4O2/c1-22(2)14-7-8-20-17-15(14)16-13(9-25-17)18(24)23(10-21-16)12-5-3-11(19)4-6-12/h3-8,10H,9H2,1-2H3. The van der Waals surface area contributed by atoms with E-state index in [1.54, 1.807) is 30.5 Å². The van der Waals surface area contributed by atoms with E-state index in [-0.39, 0.29) is 12.2 Å². The lowest BCUT2D eigenvalue weighted by atomic mass is 10.0. The van der Waals surface area contributed by atoms with Crippen molar-refractivity contribution in [1.82, 2.24) is 14.5 Å². The third-order valence-electron chi connectivity index (χ3n) is 4.14. The van der Waals surface area contributed by atoms with Crippen LogP contribution in [0.5, 0.6) is 5.88 Å². The number of benzene rings is 1. The van der Waals surface area contributed by atoms with E-state index in [4.69, 9.17) is 16.3 Å².